The number of esters is 1. The van der Waals surface area contributed by atoms with E-state index in [1.54, 1.807) is 6.92 Å². The van der Waals surface area contributed by atoms with Crippen molar-refractivity contribution in [3.63, 3.8) is 0 Å². The molecule has 6 nitrogen and oxygen atoms in total. The number of thioether (sulfide) groups is 1. The Morgan fingerprint density at radius 2 is 1.77 bits per heavy atom. The van der Waals surface area contributed by atoms with Crippen molar-refractivity contribution in [2.24, 2.45) is 0 Å². The van der Waals surface area contributed by atoms with Crippen molar-refractivity contribution in [2.45, 2.75) is 45.9 Å². The molecule has 0 spiro atoms. The second-order valence-electron chi connectivity index (χ2n) is 6.16. The Morgan fingerprint density at radius 1 is 1.12 bits per heavy atom. The summed E-state index contributed by atoms with van der Waals surface area (Å²) in [6, 6.07) is 7.65. The first-order valence-electron chi connectivity index (χ1n) is 8.27. The molecule has 0 radical (unpaired) electrons. The number of hydrogen-bond donors (Lipinski definition) is 1. The first kappa shape index (κ1) is 19.9. The molecule has 7 heteroatoms. The monoisotopic (exact) mass is 373 g/mol. The largest absolute Gasteiger partial charge is 0.452 e. The zero-order valence-electron chi connectivity index (χ0n) is 15.6. The summed E-state index contributed by atoms with van der Waals surface area (Å²) < 4.78 is 5.21. The highest BCUT2D eigenvalue weighted by Crippen LogP contribution is 2.17. The van der Waals surface area contributed by atoms with E-state index < -0.39 is 12.1 Å². The van der Waals surface area contributed by atoms with Crippen LogP contribution in [0.3, 0.4) is 0 Å². The van der Waals surface area contributed by atoms with Crippen molar-refractivity contribution in [1.29, 1.82) is 0 Å². The minimum atomic E-state index is -0.886. The van der Waals surface area contributed by atoms with Crippen LogP contribution in [-0.4, -0.2) is 33.7 Å². The molecule has 1 aromatic carbocycles. The number of nitrogens with one attached hydrogen (secondary N) is 1. The van der Waals surface area contributed by atoms with E-state index in [4.69, 9.17) is 4.74 Å². The van der Waals surface area contributed by atoms with Crippen LogP contribution in [-0.2, 0) is 14.3 Å². The number of benzene rings is 1. The average molecular weight is 373 g/mol. The van der Waals surface area contributed by atoms with Crippen molar-refractivity contribution in [2.75, 3.05) is 11.1 Å². The number of carbonyl (C=O) groups excluding carboxylic acids is 2. The molecule has 26 heavy (non-hydrogen) atoms. The van der Waals surface area contributed by atoms with E-state index in [0.29, 0.717) is 5.16 Å². The molecule has 0 fully saturated rings. The molecule has 0 aliphatic carbocycles. The number of aryl methyl sites for hydroxylation is 4. The normalized spacial score (nSPS) is 11.7. The molecule has 1 amide bonds. The zero-order chi connectivity index (χ0) is 19.3. The summed E-state index contributed by atoms with van der Waals surface area (Å²) in [5.74, 6) is -0.801. The molecule has 1 heterocycles. The van der Waals surface area contributed by atoms with Crippen LogP contribution in [0.1, 0.15) is 29.4 Å². The maximum Gasteiger partial charge on any atom is 0.317 e. The Kier molecular flexibility index (Phi) is 6.74. The number of nitrogens with zero attached hydrogens (tertiary/aromatic N) is 2. The number of rotatable bonds is 6. The van der Waals surface area contributed by atoms with Crippen molar-refractivity contribution in [1.82, 2.24) is 9.97 Å². The van der Waals surface area contributed by atoms with Crippen LogP contribution in [0.4, 0.5) is 5.69 Å². The molecule has 0 bridgehead atoms. The van der Waals surface area contributed by atoms with Gasteiger partial charge in [0.25, 0.3) is 5.91 Å². The van der Waals surface area contributed by atoms with Gasteiger partial charge in [-0.25, -0.2) is 9.97 Å². The third-order valence-corrected chi connectivity index (χ3v) is 4.43. The van der Waals surface area contributed by atoms with Gasteiger partial charge in [-0.3, -0.25) is 9.59 Å². The fourth-order valence-corrected chi connectivity index (χ4v) is 3.00. The lowest BCUT2D eigenvalue weighted by Gasteiger charge is -2.15. The van der Waals surface area contributed by atoms with Gasteiger partial charge in [0, 0.05) is 17.1 Å². The Bertz CT molecular complexity index is 803. The Morgan fingerprint density at radius 3 is 2.42 bits per heavy atom. The smallest absolute Gasteiger partial charge is 0.317 e. The fourth-order valence-electron chi connectivity index (χ4n) is 2.27. The van der Waals surface area contributed by atoms with Crippen LogP contribution in [0.2, 0.25) is 0 Å². The second-order valence-corrected chi connectivity index (χ2v) is 7.10. The Hall–Kier alpha value is -2.41. The lowest BCUT2D eigenvalue weighted by molar-refractivity contribution is -0.150. The van der Waals surface area contributed by atoms with Gasteiger partial charge in [-0.1, -0.05) is 23.9 Å². The van der Waals surface area contributed by atoms with Crippen LogP contribution in [0, 0.1) is 27.7 Å². The predicted octanol–water partition coefficient (Wildman–Crippen LogP) is 3.37. The molecule has 1 N–H and O–H groups in total. The van der Waals surface area contributed by atoms with E-state index in [9.17, 15) is 9.59 Å². The van der Waals surface area contributed by atoms with Crippen LogP contribution >= 0.6 is 11.8 Å². The zero-order valence-corrected chi connectivity index (χ0v) is 16.4. The molecule has 0 aliphatic rings. The van der Waals surface area contributed by atoms with Crippen LogP contribution in [0.15, 0.2) is 29.4 Å². The van der Waals surface area contributed by atoms with Gasteiger partial charge in [-0.15, -0.1) is 0 Å². The van der Waals surface area contributed by atoms with Gasteiger partial charge in [0.2, 0.25) is 0 Å². The Labute approximate surface area is 157 Å². The third kappa shape index (κ3) is 5.84. The highest BCUT2D eigenvalue weighted by molar-refractivity contribution is 7.99. The maximum atomic E-state index is 12.3. The molecule has 0 saturated heterocycles. The van der Waals surface area contributed by atoms with Gasteiger partial charge in [0.05, 0.1) is 5.75 Å². The van der Waals surface area contributed by atoms with E-state index in [0.717, 1.165) is 28.2 Å². The summed E-state index contributed by atoms with van der Waals surface area (Å²) in [5.41, 5.74) is 4.39. The Balaban J connectivity index is 1.87. The topological polar surface area (TPSA) is 81.2 Å². The summed E-state index contributed by atoms with van der Waals surface area (Å²) in [5, 5.41) is 3.32. The number of aromatic nitrogens is 2. The van der Waals surface area contributed by atoms with Crippen LogP contribution in [0.25, 0.3) is 0 Å². The molecule has 2 rings (SSSR count). The van der Waals surface area contributed by atoms with Crippen molar-refractivity contribution in [3.05, 3.63) is 46.8 Å². The van der Waals surface area contributed by atoms with Crippen molar-refractivity contribution in [3.8, 4) is 0 Å². The van der Waals surface area contributed by atoms with E-state index in [2.05, 4.69) is 15.3 Å². The van der Waals surface area contributed by atoms with E-state index in [-0.39, 0.29) is 11.7 Å². The van der Waals surface area contributed by atoms with Gasteiger partial charge in [-0.05, 0) is 57.9 Å². The molecular weight excluding hydrogens is 350 g/mol. The molecule has 2 aromatic rings. The first-order chi connectivity index (χ1) is 12.2. The standard InChI is InChI=1S/C19H23N3O3S/c1-11-6-7-12(2)16(8-11)22-18(24)15(5)25-17(23)10-26-19-20-13(3)9-14(4)21-19/h6-9,15H,10H2,1-5H3,(H,22,24)/t15-/m1/s1. The lowest BCUT2D eigenvalue weighted by Crippen LogP contribution is -2.30. The number of carbonyl (C=O) groups is 2. The van der Waals surface area contributed by atoms with Gasteiger partial charge < -0.3 is 10.1 Å². The van der Waals surface area contributed by atoms with E-state index >= 15 is 0 Å². The van der Waals surface area contributed by atoms with Crippen LogP contribution in [0.5, 0.6) is 0 Å². The molecular formula is C19H23N3O3S. The average Bonchev–Trinajstić information content (AvgIpc) is 2.55. The minimum absolute atomic E-state index is 0.0456. The molecule has 1 aromatic heterocycles. The molecule has 0 unspecified atom stereocenters. The van der Waals surface area contributed by atoms with Gasteiger partial charge in [0.1, 0.15) is 0 Å². The van der Waals surface area contributed by atoms with Gasteiger partial charge >= 0.3 is 5.97 Å². The molecule has 1 atom stereocenters. The molecule has 0 saturated carbocycles. The highest BCUT2D eigenvalue weighted by Gasteiger charge is 2.19. The third-order valence-electron chi connectivity index (χ3n) is 3.61. The summed E-state index contributed by atoms with van der Waals surface area (Å²) in [6.45, 7) is 9.15. The van der Waals surface area contributed by atoms with Gasteiger partial charge in [0.15, 0.2) is 11.3 Å². The first-order valence-corrected chi connectivity index (χ1v) is 9.26. The van der Waals surface area contributed by atoms with E-state index in [1.807, 2.05) is 52.0 Å². The fraction of sp³-hybridized carbons (Fsp3) is 0.368. The predicted molar refractivity (Wildman–Crippen MR) is 102 cm³/mol. The van der Waals surface area contributed by atoms with Crippen LogP contribution < -0.4 is 5.32 Å². The summed E-state index contributed by atoms with van der Waals surface area (Å²) in [6.07, 6.45) is -0.886. The molecule has 0 aliphatic heterocycles. The van der Waals surface area contributed by atoms with E-state index in [1.165, 1.54) is 11.8 Å². The maximum absolute atomic E-state index is 12.3. The summed E-state index contributed by atoms with van der Waals surface area (Å²) >= 11 is 1.19. The number of ether oxygens (including phenoxy) is 1. The SMILES string of the molecule is Cc1ccc(C)c(NC(=O)[C@@H](C)OC(=O)CSc2nc(C)cc(C)n2)c1. The van der Waals surface area contributed by atoms with Gasteiger partial charge in [-0.2, -0.15) is 0 Å². The second kappa shape index (κ2) is 8.80. The number of anilines is 1. The quantitative estimate of drug-likeness (QED) is 0.475. The summed E-state index contributed by atoms with van der Waals surface area (Å²) in [4.78, 5) is 32.8. The minimum Gasteiger partial charge on any atom is -0.452 e. The van der Waals surface area contributed by atoms with Crippen molar-refractivity contribution < 1.29 is 14.3 Å². The number of hydrogen-bond acceptors (Lipinski definition) is 6. The highest BCUT2D eigenvalue weighted by atomic mass is 32.2. The lowest BCUT2D eigenvalue weighted by atomic mass is 10.1. The van der Waals surface area contributed by atoms with Crippen molar-refractivity contribution >= 4 is 29.3 Å². The number of amides is 1. The summed E-state index contributed by atoms with van der Waals surface area (Å²) in [7, 11) is 0. The molecule has 138 valence electrons.